The summed E-state index contributed by atoms with van der Waals surface area (Å²) in [6.07, 6.45) is 0.0581. The predicted molar refractivity (Wildman–Crippen MR) is 59.5 cm³/mol. The molecule has 0 spiro atoms. The van der Waals surface area contributed by atoms with E-state index in [4.69, 9.17) is 14.7 Å². The van der Waals surface area contributed by atoms with E-state index < -0.39 is 23.5 Å². The predicted octanol–water partition coefficient (Wildman–Crippen LogP) is 2.91. The maximum Gasteiger partial charge on any atom is 0.186 e. The molecule has 1 aromatic rings. The first-order valence-corrected chi connectivity index (χ1v) is 5.78. The molecule has 1 aliphatic heterocycles. The molecule has 3 nitrogen and oxygen atoms in total. The lowest BCUT2D eigenvalue weighted by molar-refractivity contribution is -0.206. The number of benzene rings is 1. The first-order valence-electron chi connectivity index (χ1n) is 5.78. The van der Waals surface area contributed by atoms with Crippen molar-refractivity contribution in [3.05, 3.63) is 34.9 Å². The number of rotatable bonds is 2. The molecule has 0 atom stereocenters. The number of hydrogen-bond acceptors (Lipinski definition) is 3. The Kier molecular flexibility index (Phi) is 3.90. The highest BCUT2D eigenvalue weighted by Crippen LogP contribution is 2.29. The van der Waals surface area contributed by atoms with Crippen LogP contribution in [-0.4, -0.2) is 13.2 Å². The summed E-state index contributed by atoms with van der Waals surface area (Å²) in [5.74, 6) is -1.49. The van der Waals surface area contributed by atoms with Crippen LogP contribution in [0.1, 0.15) is 30.8 Å². The number of nitrogens with zero attached hydrogens (tertiary/aromatic N) is 1. The van der Waals surface area contributed by atoms with Crippen LogP contribution in [-0.2, 0) is 9.47 Å². The van der Waals surface area contributed by atoms with E-state index in [1.165, 1.54) is 12.1 Å². The molecule has 2 rings (SSSR count). The lowest BCUT2D eigenvalue weighted by Gasteiger charge is -2.29. The van der Waals surface area contributed by atoms with E-state index >= 15 is 0 Å². The SMILES string of the molecule is CCC1COC(c2ccc(F)c(C#N)c2F)OC1. The molecule has 5 heteroatoms. The summed E-state index contributed by atoms with van der Waals surface area (Å²) in [4.78, 5) is 0. The molecule has 1 aromatic carbocycles. The first kappa shape index (κ1) is 12.9. The minimum absolute atomic E-state index is 0.0718. The van der Waals surface area contributed by atoms with Gasteiger partial charge in [-0.25, -0.2) is 8.78 Å². The molecule has 1 heterocycles. The molecule has 0 amide bonds. The molecule has 0 bridgehead atoms. The summed E-state index contributed by atoms with van der Waals surface area (Å²) < 4.78 is 37.8. The maximum atomic E-state index is 13.9. The van der Waals surface area contributed by atoms with Crippen LogP contribution >= 0.6 is 0 Å². The second-order valence-electron chi connectivity index (χ2n) is 4.21. The molecule has 1 aliphatic rings. The van der Waals surface area contributed by atoms with Crippen LogP contribution in [0.15, 0.2) is 12.1 Å². The van der Waals surface area contributed by atoms with Gasteiger partial charge < -0.3 is 9.47 Å². The van der Waals surface area contributed by atoms with Crippen LogP contribution in [0, 0.1) is 28.9 Å². The highest BCUT2D eigenvalue weighted by atomic mass is 19.1. The average molecular weight is 253 g/mol. The van der Waals surface area contributed by atoms with Gasteiger partial charge in [-0.2, -0.15) is 5.26 Å². The van der Waals surface area contributed by atoms with Gasteiger partial charge in [-0.05, 0) is 18.6 Å². The van der Waals surface area contributed by atoms with Crippen LogP contribution in [0.25, 0.3) is 0 Å². The van der Waals surface area contributed by atoms with Crippen molar-refractivity contribution in [2.24, 2.45) is 5.92 Å². The topological polar surface area (TPSA) is 42.2 Å². The Bertz CT molecular complexity index is 477. The van der Waals surface area contributed by atoms with Crippen molar-refractivity contribution in [1.29, 1.82) is 5.26 Å². The zero-order chi connectivity index (χ0) is 13.1. The number of nitriles is 1. The van der Waals surface area contributed by atoms with Crippen LogP contribution in [0.3, 0.4) is 0 Å². The standard InChI is InChI=1S/C13H13F2NO2/c1-2-8-6-17-13(18-7-8)9-3-4-11(14)10(5-16)12(9)15/h3-4,8,13H,2,6-7H2,1H3. The molecule has 18 heavy (non-hydrogen) atoms. The quantitative estimate of drug-likeness (QED) is 0.813. The fourth-order valence-corrected chi connectivity index (χ4v) is 1.81. The first-order chi connectivity index (χ1) is 8.67. The molecule has 1 fully saturated rings. The average Bonchev–Trinajstić information content (AvgIpc) is 2.40. The van der Waals surface area contributed by atoms with E-state index in [1.807, 2.05) is 6.92 Å². The van der Waals surface area contributed by atoms with Gasteiger partial charge in [-0.3, -0.25) is 0 Å². The highest BCUT2D eigenvalue weighted by Gasteiger charge is 2.26. The molecule has 0 N–H and O–H groups in total. The third-order valence-corrected chi connectivity index (χ3v) is 3.03. The summed E-state index contributed by atoms with van der Waals surface area (Å²) in [5, 5.41) is 8.69. The smallest absolute Gasteiger partial charge is 0.186 e. The van der Waals surface area contributed by atoms with Gasteiger partial charge in [0.15, 0.2) is 12.1 Å². The Balaban J connectivity index is 2.23. The molecule has 0 unspecified atom stereocenters. The van der Waals surface area contributed by atoms with E-state index in [1.54, 1.807) is 0 Å². The third kappa shape index (κ3) is 2.35. The monoisotopic (exact) mass is 253 g/mol. The normalized spacial score (nSPS) is 23.7. The third-order valence-electron chi connectivity index (χ3n) is 3.03. The van der Waals surface area contributed by atoms with Crippen LogP contribution in [0.2, 0.25) is 0 Å². The van der Waals surface area contributed by atoms with Gasteiger partial charge in [-0.15, -0.1) is 0 Å². The van der Waals surface area contributed by atoms with E-state index in [0.717, 1.165) is 12.5 Å². The van der Waals surface area contributed by atoms with Gasteiger partial charge in [-0.1, -0.05) is 6.92 Å². The fraction of sp³-hybridized carbons (Fsp3) is 0.462. The Morgan fingerprint density at radius 2 is 2.00 bits per heavy atom. The maximum absolute atomic E-state index is 13.9. The summed E-state index contributed by atoms with van der Waals surface area (Å²) in [6.45, 7) is 2.96. The Morgan fingerprint density at radius 3 is 2.56 bits per heavy atom. The summed E-state index contributed by atoms with van der Waals surface area (Å²) in [6, 6.07) is 3.81. The number of hydrogen-bond donors (Lipinski definition) is 0. The molecule has 0 radical (unpaired) electrons. The molecule has 0 aliphatic carbocycles. The minimum Gasteiger partial charge on any atom is -0.348 e. The molecule has 0 aromatic heterocycles. The molecular formula is C13H13F2NO2. The van der Waals surface area contributed by atoms with Gasteiger partial charge in [0, 0.05) is 11.5 Å². The van der Waals surface area contributed by atoms with Gasteiger partial charge >= 0.3 is 0 Å². The minimum atomic E-state index is -0.905. The second-order valence-corrected chi connectivity index (χ2v) is 4.21. The van der Waals surface area contributed by atoms with Crippen molar-refractivity contribution >= 4 is 0 Å². The zero-order valence-electron chi connectivity index (χ0n) is 9.95. The van der Waals surface area contributed by atoms with Crippen molar-refractivity contribution < 1.29 is 18.3 Å². The van der Waals surface area contributed by atoms with Crippen molar-refractivity contribution in [2.45, 2.75) is 19.6 Å². The van der Waals surface area contributed by atoms with E-state index in [0.29, 0.717) is 19.1 Å². The van der Waals surface area contributed by atoms with Crippen molar-refractivity contribution in [3.8, 4) is 6.07 Å². The summed E-state index contributed by atoms with van der Waals surface area (Å²) in [7, 11) is 0. The largest absolute Gasteiger partial charge is 0.348 e. The van der Waals surface area contributed by atoms with E-state index in [-0.39, 0.29) is 5.56 Å². The van der Waals surface area contributed by atoms with Gasteiger partial charge in [0.1, 0.15) is 17.4 Å². The molecular weight excluding hydrogens is 240 g/mol. The Hall–Kier alpha value is -1.51. The molecule has 1 saturated heterocycles. The van der Waals surface area contributed by atoms with Crippen LogP contribution < -0.4 is 0 Å². The Labute approximate surface area is 104 Å². The highest BCUT2D eigenvalue weighted by molar-refractivity contribution is 5.37. The number of ether oxygens (including phenoxy) is 2. The second kappa shape index (κ2) is 5.42. The van der Waals surface area contributed by atoms with Crippen molar-refractivity contribution in [2.75, 3.05) is 13.2 Å². The zero-order valence-corrected chi connectivity index (χ0v) is 9.95. The lowest BCUT2D eigenvalue weighted by Crippen LogP contribution is -2.27. The fourth-order valence-electron chi connectivity index (χ4n) is 1.81. The lowest BCUT2D eigenvalue weighted by atomic mass is 10.1. The van der Waals surface area contributed by atoms with Gasteiger partial charge in [0.25, 0.3) is 0 Å². The number of halogens is 2. The molecule has 96 valence electrons. The summed E-state index contributed by atoms with van der Waals surface area (Å²) in [5.41, 5.74) is -0.528. The van der Waals surface area contributed by atoms with Crippen molar-refractivity contribution in [1.82, 2.24) is 0 Å². The van der Waals surface area contributed by atoms with Gasteiger partial charge in [0.2, 0.25) is 0 Å². The van der Waals surface area contributed by atoms with Crippen LogP contribution in [0.5, 0.6) is 0 Å². The van der Waals surface area contributed by atoms with Gasteiger partial charge in [0.05, 0.1) is 13.2 Å². The Morgan fingerprint density at radius 1 is 1.33 bits per heavy atom. The van der Waals surface area contributed by atoms with E-state index in [2.05, 4.69) is 0 Å². The van der Waals surface area contributed by atoms with Crippen molar-refractivity contribution in [3.63, 3.8) is 0 Å². The molecule has 0 saturated carbocycles. The summed E-state index contributed by atoms with van der Waals surface area (Å²) >= 11 is 0. The van der Waals surface area contributed by atoms with E-state index in [9.17, 15) is 8.78 Å². The van der Waals surface area contributed by atoms with Crippen LogP contribution in [0.4, 0.5) is 8.78 Å².